The van der Waals surface area contributed by atoms with Gasteiger partial charge in [-0.2, -0.15) is 0 Å². The van der Waals surface area contributed by atoms with Crippen molar-refractivity contribution in [3.8, 4) is 0 Å². The quantitative estimate of drug-likeness (QED) is 0.867. The summed E-state index contributed by atoms with van der Waals surface area (Å²) in [6.07, 6.45) is 0. The summed E-state index contributed by atoms with van der Waals surface area (Å²) in [4.78, 5) is 13.4. The Morgan fingerprint density at radius 1 is 1.62 bits per heavy atom. The smallest absolute Gasteiger partial charge is 0.322 e. The van der Waals surface area contributed by atoms with Crippen molar-refractivity contribution in [2.75, 3.05) is 18.0 Å². The fraction of sp³-hybridized carbons (Fsp3) is 0.364. The summed E-state index contributed by atoms with van der Waals surface area (Å²) < 4.78 is 1.01. The van der Waals surface area contributed by atoms with Gasteiger partial charge in [-0.05, 0) is 24.6 Å². The van der Waals surface area contributed by atoms with E-state index in [9.17, 15) is 4.79 Å². The topological polar surface area (TPSA) is 58.4 Å². The van der Waals surface area contributed by atoms with E-state index in [4.69, 9.17) is 5.73 Å². The van der Waals surface area contributed by atoms with Gasteiger partial charge in [0.2, 0.25) is 0 Å². The van der Waals surface area contributed by atoms with Gasteiger partial charge in [-0.1, -0.05) is 22.0 Å². The Morgan fingerprint density at radius 3 is 2.94 bits per heavy atom. The predicted molar refractivity (Wildman–Crippen MR) is 67.6 cm³/mol. The SMILES string of the molecule is Cc1ccc(N2CC(CN)NC2=O)cc1Br. The Kier molecular flexibility index (Phi) is 3.16. The molecule has 1 aliphatic heterocycles. The molecule has 0 aromatic heterocycles. The first kappa shape index (κ1) is 11.4. The number of urea groups is 1. The van der Waals surface area contributed by atoms with Gasteiger partial charge in [0.05, 0.1) is 6.04 Å². The highest BCUT2D eigenvalue weighted by Gasteiger charge is 2.28. The number of hydrogen-bond donors (Lipinski definition) is 2. The van der Waals surface area contributed by atoms with Crippen molar-refractivity contribution < 1.29 is 4.79 Å². The lowest BCUT2D eigenvalue weighted by molar-refractivity contribution is 0.251. The number of hydrogen-bond acceptors (Lipinski definition) is 2. The van der Waals surface area contributed by atoms with Gasteiger partial charge in [0.15, 0.2) is 0 Å². The van der Waals surface area contributed by atoms with E-state index >= 15 is 0 Å². The molecule has 1 saturated heterocycles. The molecular weight excluding hydrogens is 270 g/mol. The number of halogens is 1. The third-order valence-electron chi connectivity index (χ3n) is 2.73. The van der Waals surface area contributed by atoms with Crippen LogP contribution < -0.4 is 16.0 Å². The molecule has 1 atom stereocenters. The fourth-order valence-electron chi connectivity index (χ4n) is 1.71. The number of nitrogens with zero attached hydrogens (tertiary/aromatic N) is 1. The summed E-state index contributed by atoms with van der Waals surface area (Å²) in [6.45, 7) is 3.11. The van der Waals surface area contributed by atoms with E-state index in [1.54, 1.807) is 4.90 Å². The second-order valence-electron chi connectivity index (χ2n) is 3.93. The van der Waals surface area contributed by atoms with Crippen LogP contribution in [0.5, 0.6) is 0 Å². The van der Waals surface area contributed by atoms with Crippen molar-refractivity contribution >= 4 is 27.6 Å². The molecule has 0 bridgehead atoms. The van der Waals surface area contributed by atoms with Gasteiger partial charge >= 0.3 is 6.03 Å². The van der Waals surface area contributed by atoms with E-state index in [2.05, 4.69) is 21.2 Å². The van der Waals surface area contributed by atoms with E-state index in [0.717, 1.165) is 15.7 Å². The average Bonchev–Trinajstić information content (AvgIpc) is 2.64. The largest absolute Gasteiger partial charge is 0.332 e. The molecule has 1 heterocycles. The van der Waals surface area contributed by atoms with Crippen LogP contribution in [-0.2, 0) is 0 Å². The number of aryl methyl sites for hydroxylation is 1. The summed E-state index contributed by atoms with van der Waals surface area (Å²) in [5.41, 5.74) is 7.59. The number of nitrogens with one attached hydrogen (secondary N) is 1. The summed E-state index contributed by atoms with van der Waals surface area (Å²) in [7, 11) is 0. The van der Waals surface area contributed by atoms with Crippen molar-refractivity contribution in [3.63, 3.8) is 0 Å². The summed E-state index contributed by atoms with van der Waals surface area (Å²) >= 11 is 3.46. The van der Waals surface area contributed by atoms with E-state index in [1.165, 1.54) is 0 Å². The van der Waals surface area contributed by atoms with Gasteiger partial charge in [-0.25, -0.2) is 4.79 Å². The van der Waals surface area contributed by atoms with Crippen LogP contribution in [0.3, 0.4) is 0 Å². The molecule has 2 amide bonds. The zero-order valence-electron chi connectivity index (χ0n) is 9.03. The third-order valence-corrected chi connectivity index (χ3v) is 3.58. The van der Waals surface area contributed by atoms with Gasteiger partial charge in [0.25, 0.3) is 0 Å². The van der Waals surface area contributed by atoms with Crippen molar-refractivity contribution in [3.05, 3.63) is 28.2 Å². The molecule has 1 unspecified atom stereocenters. The number of nitrogens with two attached hydrogens (primary N) is 1. The van der Waals surface area contributed by atoms with E-state index < -0.39 is 0 Å². The van der Waals surface area contributed by atoms with Crippen LogP contribution in [0, 0.1) is 6.92 Å². The Morgan fingerprint density at radius 2 is 2.38 bits per heavy atom. The van der Waals surface area contributed by atoms with Crippen molar-refractivity contribution in [2.24, 2.45) is 5.73 Å². The molecule has 3 N–H and O–H groups in total. The molecular formula is C11H14BrN3O. The lowest BCUT2D eigenvalue weighted by atomic mass is 10.2. The summed E-state index contributed by atoms with van der Waals surface area (Å²) in [5.74, 6) is 0. The first-order chi connectivity index (χ1) is 7.61. The zero-order chi connectivity index (χ0) is 11.7. The second-order valence-corrected chi connectivity index (χ2v) is 4.78. The van der Waals surface area contributed by atoms with E-state index in [0.29, 0.717) is 13.1 Å². The highest BCUT2D eigenvalue weighted by Crippen LogP contribution is 2.25. The van der Waals surface area contributed by atoms with Crippen LogP contribution in [0.4, 0.5) is 10.5 Å². The average molecular weight is 284 g/mol. The lowest BCUT2D eigenvalue weighted by Gasteiger charge is -2.15. The minimum atomic E-state index is -0.0776. The summed E-state index contributed by atoms with van der Waals surface area (Å²) in [6, 6.07) is 5.85. The molecule has 1 fully saturated rings. The monoisotopic (exact) mass is 283 g/mol. The Hall–Kier alpha value is -1.07. The van der Waals surface area contributed by atoms with Crippen LogP contribution in [0.1, 0.15) is 5.56 Å². The fourth-order valence-corrected chi connectivity index (χ4v) is 2.07. The molecule has 4 nitrogen and oxygen atoms in total. The summed E-state index contributed by atoms with van der Waals surface area (Å²) in [5, 5.41) is 2.83. The standard InChI is InChI=1S/C11H14BrN3O/c1-7-2-3-9(4-10(7)12)15-6-8(5-13)14-11(15)16/h2-4,8H,5-6,13H2,1H3,(H,14,16). The van der Waals surface area contributed by atoms with Crippen molar-refractivity contribution in [2.45, 2.75) is 13.0 Å². The third kappa shape index (κ3) is 2.05. The number of benzene rings is 1. The van der Waals surface area contributed by atoms with Crippen LogP contribution in [0.25, 0.3) is 0 Å². The molecule has 2 rings (SSSR count). The first-order valence-electron chi connectivity index (χ1n) is 5.16. The molecule has 16 heavy (non-hydrogen) atoms. The number of anilines is 1. The molecule has 1 aliphatic rings. The highest BCUT2D eigenvalue weighted by molar-refractivity contribution is 9.10. The van der Waals surface area contributed by atoms with Crippen LogP contribution in [-0.4, -0.2) is 25.2 Å². The van der Waals surface area contributed by atoms with Crippen molar-refractivity contribution in [1.29, 1.82) is 0 Å². The molecule has 1 aromatic rings. The molecule has 0 aliphatic carbocycles. The van der Waals surface area contributed by atoms with Crippen LogP contribution >= 0.6 is 15.9 Å². The van der Waals surface area contributed by atoms with Gasteiger partial charge in [-0.3, -0.25) is 4.90 Å². The molecule has 0 radical (unpaired) electrons. The number of rotatable bonds is 2. The zero-order valence-corrected chi connectivity index (χ0v) is 10.6. The van der Waals surface area contributed by atoms with Gasteiger partial charge < -0.3 is 11.1 Å². The highest BCUT2D eigenvalue weighted by atomic mass is 79.9. The van der Waals surface area contributed by atoms with Gasteiger partial charge in [-0.15, -0.1) is 0 Å². The number of carbonyl (C=O) groups excluding carboxylic acids is 1. The predicted octanol–water partition coefficient (Wildman–Crippen LogP) is 1.61. The molecule has 0 saturated carbocycles. The second kappa shape index (κ2) is 4.43. The maximum atomic E-state index is 11.7. The molecule has 0 spiro atoms. The van der Waals surface area contributed by atoms with Crippen LogP contribution in [0.2, 0.25) is 0 Å². The Bertz CT molecular complexity index is 422. The number of carbonyl (C=O) groups is 1. The van der Waals surface area contributed by atoms with E-state index in [1.807, 2.05) is 25.1 Å². The molecule has 86 valence electrons. The van der Waals surface area contributed by atoms with Gasteiger partial charge in [0, 0.05) is 23.2 Å². The lowest BCUT2D eigenvalue weighted by Crippen LogP contribution is -2.33. The van der Waals surface area contributed by atoms with Crippen molar-refractivity contribution in [1.82, 2.24) is 5.32 Å². The van der Waals surface area contributed by atoms with Crippen LogP contribution in [0.15, 0.2) is 22.7 Å². The minimum Gasteiger partial charge on any atom is -0.332 e. The number of amides is 2. The first-order valence-corrected chi connectivity index (χ1v) is 5.95. The van der Waals surface area contributed by atoms with Gasteiger partial charge in [0.1, 0.15) is 0 Å². The Labute approximate surface area is 103 Å². The maximum absolute atomic E-state index is 11.7. The molecule has 5 heteroatoms. The van der Waals surface area contributed by atoms with E-state index in [-0.39, 0.29) is 12.1 Å². The minimum absolute atomic E-state index is 0.0487. The normalized spacial score (nSPS) is 20.1. The Balaban J connectivity index is 2.24. The maximum Gasteiger partial charge on any atom is 0.322 e. The molecule has 1 aromatic carbocycles.